The molecule has 1 amide bonds. The Bertz CT molecular complexity index is 908. The molecular weight excluding hydrogens is 422 g/mol. The summed E-state index contributed by atoms with van der Waals surface area (Å²) in [5, 5.41) is 10.6. The summed E-state index contributed by atoms with van der Waals surface area (Å²) in [5.41, 5.74) is 1.30. The standard InChI is InChI=1S/C26H33NO4S/c1-19(10-11-20-7-4-3-5-8-20)23(28)15-12-21-13-17-25(29)27(21)18-6-9-22-14-16-24(32-22)26(30)31-2/h3-9,14,16,19,21,23,28H,10-13,15,17-18H2,1-2H3/t19-,21-,23+/m0/s1. The lowest BCUT2D eigenvalue weighted by Gasteiger charge is -2.26. The van der Waals surface area contributed by atoms with Gasteiger partial charge >= 0.3 is 5.97 Å². The van der Waals surface area contributed by atoms with Crippen molar-refractivity contribution in [2.75, 3.05) is 13.7 Å². The van der Waals surface area contributed by atoms with Crippen molar-refractivity contribution in [1.29, 1.82) is 0 Å². The van der Waals surface area contributed by atoms with Gasteiger partial charge < -0.3 is 14.7 Å². The lowest BCUT2D eigenvalue weighted by Crippen LogP contribution is -2.34. The van der Waals surface area contributed by atoms with Crippen LogP contribution in [0.5, 0.6) is 0 Å². The van der Waals surface area contributed by atoms with E-state index in [9.17, 15) is 14.7 Å². The minimum atomic E-state index is -0.352. The largest absolute Gasteiger partial charge is 0.465 e. The molecule has 6 heteroatoms. The molecule has 1 aromatic carbocycles. The number of benzene rings is 1. The van der Waals surface area contributed by atoms with Gasteiger partial charge in [-0.1, -0.05) is 43.3 Å². The van der Waals surface area contributed by atoms with Gasteiger partial charge in [0.05, 0.1) is 13.2 Å². The third-order valence-electron chi connectivity index (χ3n) is 6.23. The predicted octanol–water partition coefficient (Wildman–Crippen LogP) is 4.95. The summed E-state index contributed by atoms with van der Waals surface area (Å²) < 4.78 is 4.74. The molecule has 5 nitrogen and oxygen atoms in total. The van der Waals surface area contributed by atoms with E-state index >= 15 is 0 Å². The molecule has 3 atom stereocenters. The van der Waals surface area contributed by atoms with Gasteiger partial charge in [-0.2, -0.15) is 0 Å². The third-order valence-corrected chi connectivity index (χ3v) is 7.26. The Morgan fingerprint density at radius 2 is 2.03 bits per heavy atom. The molecular formula is C26H33NO4S. The van der Waals surface area contributed by atoms with Crippen LogP contribution >= 0.6 is 11.3 Å². The number of ether oxygens (including phenoxy) is 1. The number of aryl methyl sites for hydroxylation is 1. The van der Waals surface area contributed by atoms with Crippen LogP contribution in [0.1, 0.15) is 59.1 Å². The first-order valence-corrected chi connectivity index (χ1v) is 12.2. The first kappa shape index (κ1) is 24.2. The molecule has 0 radical (unpaired) electrons. The molecule has 0 unspecified atom stereocenters. The van der Waals surface area contributed by atoms with Crippen LogP contribution in [0.4, 0.5) is 0 Å². The van der Waals surface area contributed by atoms with Crippen molar-refractivity contribution in [3.8, 4) is 0 Å². The van der Waals surface area contributed by atoms with Crippen molar-refractivity contribution < 1.29 is 19.4 Å². The highest BCUT2D eigenvalue weighted by atomic mass is 32.1. The van der Waals surface area contributed by atoms with Crippen molar-refractivity contribution in [3.05, 3.63) is 63.9 Å². The maximum absolute atomic E-state index is 12.4. The highest BCUT2D eigenvalue weighted by Crippen LogP contribution is 2.26. The van der Waals surface area contributed by atoms with Gasteiger partial charge in [0.2, 0.25) is 5.91 Å². The molecule has 172 valence electrons. The molecule has 1 aliphatic heterocycles. The van der Waals surface area contributed by atoms with Gasteiger partial charge in [0.15, 0.2) is 0 Å². The lowest BCUT2D eigenvalue weighted by atomic mass is 9.92. The van der Waals surface area contributed by atoms with Gasteiger partial charge in [-0.25, -0.2) is 4.79 Å². The Kier molecular flexibility index (Phi) is 9.06. The van der Waals surface area contributed by atoms with Crippen LogP contribution in [0.15, 0.2) is 48.5 Å². The van der Waals surface area contributed by atoms with Crippen molar-refractivity contribution in [2.24, 2.45) is 5.92 Å². The fraction of sp³-hybridized carbons (Fsp3) is 0.462. The Morgan fingerprint density at radius 3 is 2.78 bits per heavy atom. The number of aliphatic hydroxyl groups excluding tert-OH is 1. The van der Waals surface area contributed by atoms with Crippen LogP contribution in [-0.2, 0) is 16.0 Å². The van der Waals surface area contributed by atoms with E-state index < -0.39 is 0 Å². The normalized spacial score (nSPS) is 18.3. The number of esters is 1. The predicted molar refractivity (Wildman–Crippen MR) is 129 cm³/mol. The summed E-state index contributed by atoms with van der Waals surface area (Å²) in [5.74, 6) is 0.0668. The lowest BCUT2D eigenvalue weighted by molar-refractivity contribution is -0.128. The number of nitrogens with zero attached hydrogens (tertiary/aromatic N) is 1. The summed E-state index contributed by atoms with van der Waals surface area (Å²) in [6, 6.07) is 14.2. The molecule has 0 aliphatic carbocycles. The first-order chi connectivity index (χ1) is 15.5. The molecule has 1 aromatic heterocycles. The molecule has 1 fully saturated rings. The fourth-order valence-corrected chi connectivity index (χ4v) is 5.02. The highest BCUT2D eigenvalue weighted by Gasteiger charge is 2.30. The average molecular weight is 456 g/mol. The summed E-state index contributed by atoms with van der Waals surface area (Å²) in [6.45, 7) is 2.66. The number of carbonyl (C=O) groups excluding carboxylic acids is 2. The monoisotopic (exact) mass is 455 g/mol. The molecule has 3 rings (SSSR count). The van der Waals surface area contributed by atoms with Crippen LogP contribution in [0.2, 0.25) is 0 Å². The topological polar surface area (TPSA) is 66.8 Å². The van der Waals surface area contributed by atoms with Crippen LogP contribution < -0.4 is 0 Å². The number of aliphatic hydroxyl groups is 1. The number of thiophene rings is 1. The number of amides is 1. The van der Waals surface area contributed by atoms with Crippen molar-refractivity contribution in [3.63, 3.8) is 0 Å². The quantitative estimate of drug-likeness (QED) is 0.487. The minimum absolute atomic E-state index is 0.174. The van der Waals surface area contributed by atoms with Gasteiger partial charge in [0, 0.05) is 23.9 Å². The number of hydrogen-bond acceptors (Lipinski definition) is 5. The van der Waals surface area contributed by atoms with Crippen LogP contribution in [-0.4, -0.2) is 47.7 Å². The molecule has 32 heavy (non-hydrogen) atoms. The number of rotatable bonds is 11. The number of methoxy groups -OCH3 is 1. The second-order valence-electron chi connectivity index (χ2n) is 8.48. The van der Waals surface area contributed by atoms with E-state index in [4.69, 9.17) is 4.74 Å². The van der Waals surface area contributed by atoms with E-state index in [-0.39, 0.29) is 29.9 Å². The highest BCUT2D eigenvalue weighted by molar-refractivity contribution is 7.14. The smallest absolute Gasteiger partial charge is 0.348 e. The van der Waals surface area contributed by atoms with E-state index in [0.717, 1.165) is 30.6 Å². The number of likely N-dealkylation sites (tertiary alicyclic amines) is 1. The SMILES string of the molecule is COC(=O)c1ccc(C=CCN2C(=O)CC[C@@H]2CC[C@@H](O)[C@@H](C)CCc2ccccc2)s1. The Hall–Kier alpha value is -2.44. The van der Waals surface area contributed by atoms with Crippen LogP contribution in [0.3, 0.4) is 0 Å². The van der Waals surface area contributed by atoms with E-state index in [1.165, 1.54) is 24.0 Å². The van der Waals surface area contributed by atoms with Crippen LogP contribution in [0, 0.1) is 5.92 Å². The summed E-state index contributed by atoms with van der Waals surface area (Å²) in [4.78, 5) is 27.4. The molecule has 1 N–H and O–H groups in total. The van der Waals surface area contributed by atoms with Gasteiger partial charge in [-0.15, -0.1) is 11.3 Å². The molecule has 1 aliphatic rings. The molecule has 1 saturated heterocycles. The third kappa shape index (κ3) is 6.78. The Labute approximate surface area is 194 Å². The zero-order valence-corrected chi connectivity index (χ0v) is 19.7. The fourth-order valence-electron chi connectivity index (χ4n) is 4.16. The van der Waals surface area contributed by atoms with Gasteiger partial charge in [-0.05, 0) is 61.8 Å². The Morgan fingerprint density at radius 1 is 1.25 bits per heavy atom. The van der Waals surface area contributed by atoms with E-state index in [1.807, 2.05) is 41.3 Å². The number of carbonyl (C=O) groups is 2. The molecule has 0 saturated carbocycles. The van der Waals surface area contributed by atoms with Gasteiger partial charge in [-0.3, -0.25) is 4.79 Å². The average Bonchev–Trinajstić information content (AvgIpc) is 3.43. The van der Waals surface area contributed by atoms with Crippen molar-refractivity contribution in [2.45, 2.75) is 57.6 Å². The molecule has 2 heterocycles. The summed E-state index contributed by atoms with van der Waals surface area (Å²) in [7, 11) is 1.37. The zero-order chi connectivity index (χ0) is 22.9. The van der Waals surface area contributed by atoms with E-state index in [2.05, 4.69) is 19.1 Å². The molecule has 0 spiro atoms. The maximum atomic E-state index is 12.4. The minimum Gasteiger partial charge on any atom is -0.465 e. The second-order valence-corrected chi connectivity index (χ2v) is 9.60. The van der Waals surface area contributed by atoms with Crippen molar-refractivity contribution >= 4 is 29.3 Å². The first-order valence-electron chi connectivity index (χ1n) is 11.3. The number of hydrogen-bond donors (Lipinski definition) is 1. The van der Waals surface area contributed by atoms with Gasteiger partial charge in [0.25, 0.3) is 0 Å². The molecule has 2 aromatic rings. The second kappa shape index (κ2) is 12.0. The summed E-state index contributed by atoms with van der Waals surface area (Å²) >= 11 is 1.37. The summed E-state index contributed by atoms with van der Waals surface area (Å²) in [6.07, 6.45) is 8.45. The van der Waals surface area contributed by atoms with E-state index in [0.29, 0.717) is 24.3 Å². The Balaban J connectivity index is 1.45. The van der Waals surface area contributed by atoms with E-state index in [1.54, 1.807) is 6.07 Å². The van der Waals surface area contributed by atoms with Crippen LogP contribution in [0.25, 0.3) is 6.08 Å². The van der Waals surface area contributed by atoms with Crippen molar-refractivity contribution in [1.82, 2.24) is 4.90 Å². The van der Waals surface area contributed by atoms with Gasteiger partial charge in [0.1, 0.15) is 4.88 Å². The zero-order valence-electron chi connectivity index (χ0n) is 18.9. The molecule has 0 bridgehead atoms. The maximum Gasteiger partial charge on any atom is 0.348 e.